The van der Waals surface area contributed by atoms with Crippen molar-refractivity contribution < 1.29 is 24.2 Å². The molecule has 1 amide bonds. The average molecular weight is 349 g/mol. The van der Waals surface area contributed by atoms with Gasteiger partial charge in [0.05, 0.1) is 11.1 Å². The van der Waals surface area contributed by atoms with Gasteiger partial charge in [0.25, 0.3) is 5.91 Å². The SMILES string of the molecule is CC(OC(=O)c1cccnc1Cl)C(=O)Nc1cccc(C(=O)O)c1. The van der Waals surface area contributed by atoms with E-state index in [2.05, 4.69) is 10.3 Å². The fourth-order valence-electron chi connectivity index (χ4n) is 1.79. The highest BCUT2D eigenvalue weighted by molar-refractivity contribution is 6.32. The maximum Gasteiger partial charge on any atom is 0.342 e. The fraction of sp³-hybridized carbons (Fsp3) is 0.125. The van der Waals surface area contributed by atoms with Gasteiger partial charge in [-0.1, -0.05) is 17.7 Å². The van der Waals surface area contributed by atoms with Crippen LogP contribution in [0.3, 0.4) is 0 Å². The zero-order valence-electron chi connectivity index (χ0n) is 12.5. The lowest BCUT2D eigenvalue weighted by molar-refractivity contribution is -0.123. The van der Waals surface area contributed by atoms with Gasteiger partial charge in [0.15, 0.2) is 6.10 Å². The van der Waals surface area contributed by atoms with Gasteiger partial charge in [0.2, 0.25) is 0 Å². The van der Waals surface area contributed by atoms with Crippen LogP contribution < -0.4 is 5.32 Å². The Morgan fingerprint density at radius 3 is 2.67 bits per heavy atom. The summed E-state index contributed by atoms with van der Waals surface area (Å²) in [6, 6.07) is 8.66. The molecule has 1 aromatic heterocycles. The maximum atomic E-state index is 12.1. The second-order valence-electron chi connectivity index (χ2n) is 4.76. The summed E-state index contributed by atoms with van der Waals surface area (Å²) < 4.78 is 5.04. The summed E-state index contributed by atoms with van der Waals surface area (Å²) in [5, 5.41) is 11.4. The number of amides is 1. The quantitative estimate of drug-likeness (QED) is 0.635. The van der Waals surface area contributed by atoms with Crippen LogP contribution in [0, 0.1) is 0 Å². The van der Waals surface area contributed by atoms with Crippen molar-refractivity contribution in [3.05, 3.63) is 58.9 Å². The van der Waals surface area contributed by atoms with Crippen molar-refractivity contribution in [1.82, 2.24) is 4.98 Å². The minimum absolute atomic E-state index is 0.0238. The van der Waals surface area contributed by atoms with Gasteiger partial charge in [0.1, 0.15) is 5.15 Å². The highest BCUT2D eigenvalue weighted by Gasteiger charge is 2.21. The number of carbonyl (C=O) groups is 3. The molecule has 1 unspecified atom stereocenters. The molecule has 0 saturated heterocycles. The summed E-state index contributed by atoms with van der Waals surface area (Å²) in [4.78, 5) is 38.7. The summed E-state index contributed by atoms with van der Waals surface area (Å²) in [6.07, 6.45) is 0.312. The van der Waals surface area contributed by atoms with E-state index in [1.807, 2.05) is 0 Å². The van der Waals surface area contributed by atoms with Gasteiger partial charge in [-0.05, 0) is 37.3 Å². The van der Waals surface area contributed by atoms with E-state index in [1.54, 1.807) is 0 Å². The normalized spacial score (nSPS) is 11.4. The van der Waals surface area contributed by atoms with Gasteiger partial charge in [-0.2, -0.15) is 0 Å². The lowest BCUT2D eigenvalue weighted by Gasteiger charge is -2.14. The predicted molar refractivity (Wildman–Crippen MR) is 86.2 cm³/mol. The zero-order valence-corrected chi connectivity index (χ0v) is 13.3. The number of benzene rings is 1. The second-order valence-corrected chi connectivity index (χ2v) is 5.12. The number of aromatic nitrogens is 1. The topological polar surface area (TPSA) is 106 Å². The van der Waals surface area contributed by atoms with E-state index in [-0.39, 0.29) is 22.0 Å². The number of nitrogens with zero attached hydrogens (tertiary/aromatic N) is 1. The molecule has 0 fully saturated rings. The molecule has 2 N–H and O–H groups in total. The van der Waals surface area contributed by atoms with Gasteiger partial charge in [-0.25, -0.2) is 14.6 Å². The first-order valence-electron chi connectivity index (χ1n) is 6.84. The van der Waals surface area contributed by atoms with Gasteiger partial charge < -0.3 is 15.2 Å². The molecule has 24 heavy (non-hydrogen) atoms. The van der Waals surface area contributed by atoms with Crippen molar-refractivity contribution >= 4 is 35.1 Å². The first-order chi connectivity index (χ1) is 11.4. The molecule has 1 heterocycles. The third kappa shape index (κ3) is 4.30. The number of hydrogen-bond acceptors (Lipinski definition) is 5. The Morgan fingerprint density at radius 1 is 1.25 bits per heavy atom. The zero-order chi connectivity index (χ0) is 17.7. The van der Waals surface area contributed by atoms with E-state index in [0.717, 1.165) is 0 Å². The smallest absolute Gasteiger partial charge is 0.342 e. The number of rotatable bonds is 5. The van der Waals surface area contributed by atoms with Crippen molar-refractivity contribution in [3.8, 4) is 0 Å². The fourth-order valence-corrected chi connectivity index (χ4v) is 1.99. The number of halogens is 1. The summed E-state index contributed by atoms with van der Waals surface area (Å²) in [6.45, 7) is 1.39. The Kier molecular flexibility index (Phi) is 5.49. The summed E-state index contributed by atoms with van der Waals surface area (Å²) in [5.74, 6) is -2.50. The monoisotopic (exact) mass is 348 g/mol. The number of esters is 1. The summed E-state index contributed by atoms with van der Waals surface area (Å²) in [7, 11) is 0. The van der Waals surface area contributed by atoms with Crippen molar-refractivity contribution in [1.29, 1.82) is 0 Å². The molecule has 124 valence electrons. The second kappa shape index (κ2) is 7.56. The highest BCUT2D eigenvalue weighted by atomic mass is 35.5. The average Bonchev–Trinajstić information content (AvgIpc) is 2.55. The molecule has 0 aliphatic rings. The minimum Gasteiger partial charge on any atom is -0.478 e. The molecule has 1 atom stereocenters. The molecule has 7 nitrogen and oxygen atoms in total. The number of carbonyl (C=O) groups excluding carboxylic acids is 2. The molecule has 0 radical (unpaired) electrons. The molecule has 0 aliphatic carbocycles. The number of pyridine rings is 1. The van der Waals surface area contributed by atoms with E-state index in [9.17, 15) is 14.4 Å². The molecule has 0 spiro atoms. The maximum absolute atomic E-state index is 12.1. The number of ether oxygens (including phenoxy) is 1. The van der Waals surface area contributed by atoms with Crippen molar-refractivity contribution in [2.45, 2.75) is 13.0 Å². The highest BCUT2D eigenvalue weighted by Crippen LogP contribution is 2.15. The van der Waals surface area contributed by atoms with Crippen LogP contribution in [0.1, 0.15) is 27.6 Å². The minimum atomic E-state index is -1.11. The first kappa shape index (κ1) is 17.4. The predicted octanol–water partition coefficient (Wildman–Crippen LogP) is 2.62. The van der Waals surface area contributed by atoms with Gasteiger partial charge >= 0.3 is 11.9 Å². The van der Waals surface area contributed by atoms with Crippen molar-refractivity contribution in [2.24, 2.45) is 0 Å². The van der Waals surface area contributed by atoms with E-state index in [0.29, 0.717) is 0 Å². The third-order valence-electron chi connectivity index (χ3n) is 3.01. The van der Waals surface area contributed by atoms with E-state index in [4.69, 9.17) is 21.4 Å². The van der Waals surface area contributed by atoms with E-state index >= 15 is 0 Å². The van der Waals surface area contributed by atoms with Crippen LogP contribution in [0.5, 0.6) is 0 Å². The van der Waals surface area contributed by atoms with Crippen molar-refractivity contribution in [3.63, 3.8) is 0 Å². The van der Waals surface area contributed by atoms with E-state index < -0.39 is 23.9 Å². The summed E-state index contributed by atoms with van der Waals surface area (Å²) in [5.41, 5.74) is 0.355. The molecule has 2 rings (SSSR count). The Morgan fingerprint density at radius 2 is 2.00 bits per heavy atom. The molecular weight excluding hydrogens is 336 g/mol. The van der Waals surface area contributed by atoms with Crippen LogP contribution in [0.4, 0.5) is 5.69 Å². The lowest BCUT2D eigenvalue weighted by atomic mass is 10.2. The number of anilines is 1. The molecule has 0 saturated carbocycles. The number of hydrogen-bond donors (Lipinski definition) is 2. The Labute approximate surface area is 142 Å². The van der Waals surface area contributed by atoms with Gasteiger partial charge in [0, 0.05) is 11.9 Å². The lowest BCUT2D eigenvalue weighted by Crippen LogP contribution is -2.30. The molecular formula is C16H13ClN2O5. The van der Waals surface area contributed by atoms with Gasteiger partial charge in [-0.15, -0.1) is 0 Å². The van der Waals surface area contributed by atoms with Crippen LogP contribution in [0.15, 0.2) is 42.6 Å². The molecule has 8 heteroatoms. The molecule has 1 aromatic carbocycles. The first-order valence-corrected chi connectivity index (χ1v) is 7.22. The Bertz CT molecular complexity index is 794. The Hall–Kier alpha value is -2.93. The van der Waals surface area contributed by atoms with Crippen molar-refractivity contribution in [2.75, 3.05) is 5.32 Å². The molecule has 0 aliphatic heterocycles. The van der Waals surface area contributed by atoms with Crippen LogP contribution in [0.2, 0.25) is 5.15 Å². The van der Waals surface area contributed by atoms with Crippen LogP contribution in [-0.2, 0) is 9.53 Å². The Balaban J connectivity index is 2.02. The number of carboxylic acid groups (broad SMARTS) is 1. The standard InChI is InChI=1S/C16H13ClN2O5/c1-9(24-16(23)12-6-3-7-18-13(12)17)14(20)19-11-5-2-4-10(8-11)15(21)22/h2-9H,1H3,(H,19,20)(H,21,22). The van der Waals surface area contributed by atoms with Crippen LogP contribution in [0.25, 0.3) is 0 Å². The van der Waals surface area contributed by atoms with Crippen LogP contribution in [-0.4, -0.2) is 34.0 Å². The third-order valence-corrected chi connectivity index (χ3v) is 3.31. The van der Waals surface area contributed by atoms with E-state index in [1.165, 1.54) is 49.5 Å². The summed E-state index contributed by atoms with van der Waals surface area (Å²) >= 11 is 5.79. The van der Waals surface area contributed by atoms with Crippen LogP contribution >= 0.6 is 11.6 Å². The molecule has 2 aromatic rings. The number of nitrogens with one attached hydrogen (secondary N) is 1. The largest absolute Gasteiger partial charge is 0.478 e. The molecule has 0 bridgehead atoms. The number of carboxylic acids is 1. The number of aromatic carboxylic acids is 1. The van der Waals surface area contributed by atoms with Gasteiger partial charge in [-0.3, -0.25) is 4.79 Å².